The molecular formula is C22H28N3O2+. The van der Waals surface area contributed by atoms with E-state index in [1.165, 1.54) is 22.4 Å². The normalized spacial score (nSPS) is 18.2. The number of aryl methyl sites for hydroxylation is 2. The summed E-state index contributed by atoms with van der Waals surface area (Å²) in [6.07, 6.45) is 3.49. The van der Waals surface area contributed by atoms with Crippen LogP contribution in [0, 0.1) is 0 Å². The van der Waals surface area contributed by atoms with E-state index in [0.717, 1.165) is 50.4 Å². The molecule has 5 nitrogen and oxygen atoms in total. The molecule has 1 aliphatic heterocycles. The summed E-state index contributed by atoms with van der Waals surface area (Å²) in [4.78, 5) is 16.2. The highest BCUT2D eigenvalue weighted by atomic mass is 16.3. The number of rotatable bonds is 4. The Bertz CT molecular complexity index is 828. The van der Waals surface area contributed by atoms with Gasteiger partial charge in [-0.15, -0.1) is 0 Å². The van der Waals surface area contributed by atoms with E-state index >= 15 is 0 Å². The second-order valence-electron chi connectivity index (χ2n) is 7.68. The first-order chi connectivity index (χ1) is 13.1. The van der Waals surface area contributed by atoms with E-state index in [0.29, 0.717) is 5.75 Å². The maximum Gasteiger partial charge on any atom is 0.282 e. The van der Waals surface area contributed by atoms with Crippen molar-refractivity contribution in [3.63, 3.8) is 0 Å². The molecule has 0 spiro atoms. The smallest absolute Gasteiger partial charge is 0.282 e. The lowest BCUT2D eigenvalue weighted by Crippen LogP contribution is -3.19. The minimum atomic E-state index is -0.0928. The van der Waals surface area contributed by atoms with Crippen molar-refractivity contribution in [1.82, 2.24) is 0 Å². The first-order valence-electron chi connectivity index (χ1n) is 9.92. The van der Waals surface area contributed by atoms with Gasteiger partial charge in [0.2, 0.25) is 0 Å². The van der Waals surface area contributed by atoms with Crippen molar-refractivity contribution in [2.24, 2.45) is 0 Å². The van der Waals surface area contributed by atoms with Crippen LogP contribution in [-0.4, -0.2) is 43.2 Å². The van der Waals surface area contributed by atoms with Crippen LogP contribution in [0.2, 0.25) is 0 Å². The fraction of sp³-hybridized carbons (Fsp3) is 0.409. The summed E-state index contributed by atoms with van der Waals surface area (Å²) in [7, 11) is 0. The molecule has 27 heavy (non-hydrogen) atoms. The molecule has 4 rings (SSSR count). The Kier molecular flexibility index (Phi) is 5.03. The van der Waals surface area contributed by atoms with Crippen molar-refractivity contribution < 1.29 is 14.8 Å². The van der Waals surface area contributed by atoms with Gasteiger partial charge in [-0.25, -0.2) is 0 Å². The third-order valence-corrected chi connectivity index (χ3v) is 6.00. The van der Waals surface area contributed by atoms with Crippen molar-refractivity contribution in [3.05, 3.63) is 53.6 Å². The Morgan fingerprint density at radius 2 is 1.85 bits per heavy atom. The number of benzene rings is 2. The number of fused-ring (bicyclic) bond motifs is 1. The molecule has 1 saturated heterocycles. The Balaban J connectivity index is 1.34. The number of carbonyl (C=O) groups is 1. The molecule has 2 aromatic carbocycles. The van der Waals surface area contributed by atoms with Gasteiger partial charge in [-0.05, 0) is 61.6 Å². The predicted octanol–water partition coefficient (Wildman–Crippen LogP) is 1.61. The number of anilines is 2. The van der Waals surface area contributed by atoms with E-state index in [1.54, 1.807) is 6.07 Å². The molecule has 1 atom stereocenters. The van der Waals surface area contributed by atoms with Crippen LogP contribution >= 0.6 is 0 Å². The minimum absolute atomic E-state index is 0.0824. The van der Waals surface area contributed by atoms with E-state index in [1.807, 2.05) is 31.2 Å². The highest BCUT2D eigenvalue weighted by molar-refractivity contribution is 5.93. The summed E-state index contributed by atoms with van der Waals surface area (Å²) in [5, 5.41) is 13.2. The summed E-state index contributed by atoms with van der Waals surface area (Å²) in [5.74, 6) is 0.405. The summed E-state index contributed by atoms with van der Waals surface area (Å²) >= 11 is 0. The molecule has 142 valence electrons. The molecule has 1 amide bonds. The zero-order valence-corrected chi connectivity index (χ0v) is 15.9. The van der Waals surface area contributed by atoms with Gasteiger partial charge < -0.3 is 20.2 Å². The lowest BCUT2D eigenvalue weighted by Gasteiger charge is -2.36. The molecule has 0 aromatic heterocycles. The largest absolute Gasteiger partial charge is 0.506 e. The van der Waals surface area contributed by atoms with Crippen LogP contribution in [0.3, 0.4) is 0 Å². The van der Waals surface area contributed by atoms with Gasteiger partial charge >= 0.3 is 0 Å². The van der Waals surface area contributed by atoms with Gasteiger partial charge in [0.15, 0.2) is 6.04 Å². The minimum Gasteiger partial charge on any atom is -0.506 e. The number of para-hydroxylation sites is 2. The Labute approximate surface area is 160 Å². The maximum absolute atomic E-state index is 12.7. The van der Waals surface area contributed by atoms with Crippen molar-refractivity contribution in [1.29, 1.82) is 0 Å². The molecule has 0 radical (unpaired) electrons. The molecular weight excluding hydrogens is 338 g/mol. The van der Waals surface area contributed by atoms with Crippen LogP contribution in [-0.2, 0) is 17.6 Å². The number of amides is 1. The number of quaternary nitrogens is 1. The number of hydrogen-bond acceptors (Lipinski definition) is 3. The summed E-state index contributed by atoms with van der Waals surface area (Å²) in [5.41, 5.74) is 4.60. The first kappa shape index (κ1) is 17.9. The fourth-order valence-electron chi connectivity index (χ4n) is 4.28. The fourth-order valence-corrected chi connectivity index (χ4v) is 4.28. The van der Waals surface area contributed by atoms with Crippen LogP contribution in [0.15, 0.2) is 42.5 Å². The Morgan fingerprint density at radius 1 is 1.11 bits per heavy atom. The van der Waals surface area contributed by atoms with Gasteiger partial charge in [-0.3, -0.25) is 4.79 Å². The monoisotopic (exact) mass is 366 g/mol. The van der Waals surface area contributed by atoms with Gasteiger partial charge in [0.05, 0.1) is 31.9 Å². The predicted molar refractivity (Wildman–Crippen MR) is 108 cm³/mol. The van der Waals surface area contributed by atoms with Crippen molar-refractivity contribution in [2.45, 2.75) is 32.2 Å². The topological polar surface area (TPSA) is 57.0 Å². The van der Waals surface area contributed by atoms with Gasteiger partial charge in [0.25, 0.3) is 5.91 Å². The highest BCUT2D eigenvalue weighted by Crippen LogP contribution is 2.26. The quantitative estimate of drug-likeness (QED) is 0.771. The number of carbonyl (C=O) groups excluding carboxylic acids is 1. The third kappa shape index (κ3) is 3.78. The number of aromatic hydroxyl groups is 1. The highest BCUT2D eigenvalue weighted by Gasteiger charge is 2.30. The average molecular weight is 366 g/mol. The maximum atomic E-state index is 12.7. The second-order valence-corrected chi connectivity index (χ2v) is 7.68. The van der Waals surface area contributed by atoms with Crippen LogP contribution in [0.4, 0.5) is 11.4 Å². The molecule has 1 fully saturated rings. The number of phenolic OH excluding ortho intramolecular Hbond substituents is 1. The second kappa shape index (κ2) is 7.61. The first-order valence-corrected chi connectivity index (χ1v) is 9.92. The summed E-state index contributed by atoms with van der Waals surface area (Å²) in [6.45, 7) is 5.45. The van der Waals surface area contributed by atoms with E-state index < -0.39 is 0 Å². The van der Waals surface area contributed by atoms with E-state index in [-0.39, 0.29) is 11.9 Å². The SMILES string of the molecule is C[C@@H](C(=O)Nc1ccc2c(c1)CCC2)[NH+]1CCN(c2ccccc2O)CC1. The number of piperazine rings is 1. The van der Waals surface area contributed by atoms with Crippen LogP contribution in [0.1, 0.15) is 24.5 Å². The third-order valence-electron chi connectivity index (χ3n) is 6.00. The van der Waals surface area contributed by atoms with Crippen molar-refractivity contribution in [2.75, 3.05) is 36.4 Å². The van der Waals surface area contributed by atoms with Gasteiger partial charge in [0, 0.05) is 5.69 Å². The average Bonchev–Trinajstić information content (AvgIpc) is 3.16. The van der Waals surface area contributed by atoms with Crippen molar-refractivity contribution >= 4 is 17.3 Å². The van der Waals surface area contributed by atoms with E-state index in [9.17, 15) is 9.90 Å². The number of hydrogen-bond donors (Lipinski definition) is 3. The summed E-state index contributed by atoms with van der Waals surface area (Å²) in [6, 6.07) is 13.7. The number of nitrogens with one attached hydrogen (secondary N) is 2. The van der Waals surface area contributed by atoms with Crippen molar-refractivity contribution in [3.8, 4) is 5.75 Å². The van der Waals surface area contributed by atoms with E-state index in [4.69, 9.17) is 0 Å². The standard InChI is InChI=1S/C22H27N3O2/c1-16(22(27)23-19-10-9-17-5-4-6-18(17)15-19)24-11-13-25(14-12-24)20-7-2-3-8-21(20)26/h2-3,7-10,15-16,26H,4-6,11-14H2,1H3,(H,23,27)/p+1/t16-/m0/s1. The Hall–Kier alpha value is -2.53. The molecule has 3 N–H and O–H groups in total. The lowest BCUT2D eigenvalue weighted by molar-refractivity contribution is -0.914. The van der Waals surface area contributed by atoms with Crippen LogP contribution in [0.5, 0.6) is 5.75 Å². The molecule has 2 aromatic rings. The van der Waals surface area contributed by atoms with Crippen LogP contribution < -0.4 is 15.1 Å². The zero-order valence-electron chi connectivity index (χ0n) is 15.9. The molecule has 1 aliphatic carbocycles. The molecule has 0 saturated carbocycles. The zero-order chi connectivity index (χ0) is 18.8. The molecule has 1 heterocycles. The number of phenols is 1. The Morgan fingerprint density at radius 3 is 2.63 bits per heavy atom. The van der Waals surface area contributed by atoms with E-state index in [2.05, 4.69) is 22.3 Å². The molecule has 0 unspecified atom stereocenters. The van der Waals surface area contributed by atoms with Gasteiger partial charge in [0.1, 0.15) is 5.75 Å². The molecule has 0 bridgehead atoms. The number of nitrogens with zero attached hydrogens (tertiary/aromatic N) is 1. The molecule has 5 heteroatoms. The molecule has 2 aliphatic rings. The van der Waals surface area contributed by atoms with Gasteiger partial charge in [-0.1, -0.05) is 18.2 Å². The van der Waals surface area contributed by atoms with Gasteiger partial charge in [-0.2, -0.15) is 0 Å². The lowest BCUT2D eigenvalue weighted by atomic mass is 10.1. The summed E-state index contributed by atoms with van der Waals surface area (Å²) < 4.78 is 0. The van der Waals surface area contributed by atoms with Crippen LogP contribution in [0.25, 0.3) is 0 Å².